The van der Waals surface area contributed by atoms with Gasteiger partial charge >= 0.3 is 0 Å². The van der Waals surface area contributed by atoms with Gasteiger partial charge in [0.2, 0.25) is 0 Å². The van der Waals surface area contributed by atoms with Crippen LogP contribution in [0.5, 0.6) is 0 Å². The molecule has 4 nitrogen and oxygen atoms in total. The second-order valence-electron chi connectivity index (χ2n) is 4.77. The number of hydrogen-bond donors (Lipinski definition) is 2. The first kappa shape index (κ1) is 15.5. The zero-order chi connectivity index (χ0) is 15.6. The molecular formula is C15H16FNO3S. The first-order chi connectivity index (χ1) is 9.85. The molecule has 6 heteroatoms. The highest BCUT2D eigenvalue weighted by Crippen LogP contribution is 2.23. The number of benzene rings is 2. The van der Waals surface area contributed by atoms with E-state index in [4.69, 9.17) is 0 Å². The molecule has 2 N–H and O–H groups in total. The SMILES string of the molecule is Cc1cc(NS(=O)(=O)c2cccc(CO)c2C)ccc1F. The highest BCUT2D eigenvalue weighted by Gasteiger charge is 2.18. The molecule has 0 aliphatic rings. The molecule has 0 saturated carbocycles. The van der Waals surface area contributed by atoms with E-state index in [0.29, 0.717) is 22.4 Å². The lowest BCUT2D eigenvalue weighted by Crippen LogP contribution is -2.15. The number of nitrogens with one attached hydrogen (secondary N) is 1. The summed E-state index contributed by atoms with van der Waals surface area (Å²) in [4.78, 5) is 0.0935. The van der Waals surface area contributed by atoms with E-state index in [0.717, 1.165) is 0 Å². The molecule has 2 rings (SSSR count). The molecule has 0 aliphatic carbocycles. The van der Waals surface area contributed by atoms with Gasteiger partial charge in [0.15, 0.2) is 0 Å². The van der Waals surface area contributed by atoms with Crippen LogP contribution in [0.3, 0.4) is 0 Å². The number of sulfonamides is 1. The fourth-order valence-corrected chi connectivity index (χ4v) is 3.38. The van der Waals surface area contributed by atoms with Crippen molar-refractivity contribution in [1.29, 1.82) is 0 Å². The standard InChI is InChI=1S/C15H16FNO3S/c1-10-8-13(6-7-14(10)16)17-21(19,20)15-5-3-4-12(9-18)11(15)2/h3-8,17-18H,9H2,1-2H3. The van der Waals surface area contributed by atoms with Crippen LogP contribution in [0.15, 0.2) is 41.3 Å². The topological polar surface area (TPSA) is 66.4 Å². The van der Waals surface area contributed by atoms with Crippen LogP contribution in [0.25, 0.3) is 0 Å². The van der Waals surface area contributed by atoms with E-state index in [-0.39, 0.29) is 11.5 Å². The van der Waals surface area contributed by atoms with Gasteiger partial charge in [0.05, 0.1) is 11.5 Å². The minimum Gasteiger partial charge on any atom is -0.392 e. The fraction of sp³-hybridized carbons (Fsp3) is 0.200. The molecule has 2 aromatic rings. The Labute approximate surface area is 123 Å². The molecule has 0 aromatic heterocycles. The monoisotopic (exact) mass is 309 g/mol. The molecule has 0 heterocycles. The number of aliphatic hydroxyl groups is 1. The van der Waals surface area contributed by atoms with E-state index >= 15 is 0 Å². The van der Waals surface area contributed by atoms with E-state index in [1.807, 2.05) is 0 Å². The Morgan fingerprint density at radius 3 is 2.52 bits per heavy atom. The Balaban J connectivity index is 2.41. The van der Waals surface area contributed by atoms with Crippen LogP contribution < -0.4 is 4.72 Å². The van der Waals surface area contributed by atoms with Gasteiger partial charge in [-0.1, -0.05) is 12.1 Å². The van der Waals surface area contributed by atoms with Crippen molar-refractivity contribution in [2.45, 2.75) is 25.3 Å². The molecule has 0 radical (unpaired) electrons. The smallest absolute Gasteiger partial charge is 0.262 e. The number of anilines is 1. The molecule has 0 atom stereocenters. The van der Waals surface area contributed by atoms with Crippen LogP contribution in [0.4, 0.5) is 10.1 Å². The number of hydrogen-bond acceptors (Lipinski definition) is 3. The van der Waals surface area contributed by atoms with Gasteiger partial charge in [0.25, 0.3) is 10.0 Å². The summed E-state index contributed by atoms with van der Waals surface area (Å²) in [6, 6.07) is 8.71. The Morgan fingerprint density at radius 2 is 1.90 bits per heavy atom. The van der Waals surface area contributed by atoms with E-state index in [1.165, 1.54) is 24.3 Å². The van der Waals surface area contributed by atoms with Crippen molar-refractivity contribution in [2.75, 3.05) is 4.72 Å². The molecule has 21 heavy (non-hydrogen) atoms. The first-order valence-corrected chi connectivity index (χ1v) is 7.82. The third-order valence-electron chi connectivity index (χ3n) is 3.27. The number of rotatable bonds is 4. The number of aryl methyl sites for hydroxylation is 1. The maximum atomic E-state index is 13.2. The second kappa shape index (κ2) is 5.83. The van der Waals surface area contributed by atoms with Gasteiger partial charge in [-0.05, 0) is 54.8 Å². The predicted molar refractivity (Wildman–Crippen MR) is 79.0 cm³/mol. The number of aliphatic hydroxyl groups excluding tert-OH is 1. The zero-order valence-corrected chi connectivity index (χ0v) is 12.5. The van der Waals surface area contributed by atoms with Gasteiger partial charge in [0.1, 0.15) is 5.82 Å². The van der Waals surface area contributed by atoms with Gasteiger partial charge < -0.3 is 5.11 Å². The van der Waals surface area contributed by atoms with Gasteiger partial charge in [-0.2, -0.15) is 0 Å². The fourth-order valence-electron chi connectivity index (χ4n) is 2.04. The van der Waals surface area contributed by atoms with Crippen LogP contribution in [0.2, 0.25) is 0 Å². The van der Waals surface area contributed by atoms with Crippen molar-refractivity contribution in [3.63, 3.8) is 0 Å². The average molecular weight is 309 g/mol. The van der Waals surface area contributed by atoms with Gasteiger partial charge in [0, 0.05) is 5.69 Å². The largest absolute Gasteiger partial charge is 0.392 e. The molecule has 0 amide bonds. The van der Waals surface area contributed by atoms with E-state index in [2.05, 4.69) is 4.72 Å². The summed E-state index contributed by atoms with van der Waals surface area (Å²) in [5.74, 6) is -0.392. The molecule has 0 aliphatic heterocycles. The molecule has 0 spiro atoms. The highest BCUT2D eigenvalue weighted by atomic mass is 32.2. The summed E-state index contributed by atoms with van der Waals surface area (Å²) in [5, 5.41) is 9.21. The lowest BCUT2D eigenvalue weighted by molar-refractivity contribution is 0.280. The second-order valence-corrected chi connectivity index (χ2v) is 6.42. The lowest BCUT2D eigenvalue weighted by atomic mass is 10.1. The Hall–Kier alpha value is -1.92. The Morgan fingerprint density at radius 1 is 1.19 bits per heavy atom. The molecule has 2 aromatic carbocycles. The average Bonchev–Trinajstić information content (AvgIpc) is 2.42. The van der Waals surface area contributed by atoms with Crippen molar-refractivity contribution in [3.05, 3.63) is 58.9 Å². The zero-order valence-electron chi connectivity index (χ0n) is 11.7. The summed E-state index contributed by atoms with van der Waals surface area (Å²) in [7, 11) is -3.79. The van der Waals surface area contributed by atoms with Crippen molar-refractivity contribution in [1.82, 2.24) is 0 Å². The van der Waals surface area contributed by atoms with Crippen molar-refractivity contribution < 1.29 is 17.9 Å². The molecule has 112 valence electrons. The third kappa shape index (κ3) is 3.22. The first-order valence-electron chi connectivity index (χ1n) is 6.33. The summed E-state index contributed by atoms with van der Waals surface area (Å²) in [5.41, 5.74) is 1.69. The van der Waals surface area contributed by atoms with Crippen LogP contribution in [0.1, 0.15) is 16.7 Å². The lowest BCUT2D eigenvalue weighted by Gasteiger charge is -2.13. The predicted octanol–water partition coefficient (Wildman–Crippen LogP) is 2.74. The normalized spacial score (nSPS) is 11.4. The summed E-state index contributed by atoms with van der Waals surface area (Å²) >= 11 is 0. The van der Waals surface area contributed by atoms with Crippen LogP contribution >= 0.6 is 0 Å². The van der Waals surface area contributed by atoms with Crippen LogP contribution in [-0.4, -0.2) is 13.5 Å². The van der Waals surface area contributed by atoms with E-state index in [9.17, 15) is 17.9 Å². The van der Waals surface area contributed by atoms with Crippen molar-refractivity contribution in [3.8, 4) is 0 Å². The minimum absolute atomic E-state index is 0.0935. The van der Waals surface area contributed by atoms with E-state index in [1.54, 1.807) is 26.0 Å². The quantitative estimate of drug-likeness (QED) is 0.912. The minimum atomic E-state index is -3.79. The summed E-state index contributed by atoms with van der Waals surface area (Å²) < 4.78 is 40.4. The summed E-state index contributed by atoms with van der Waals surface area (Å²) in [6.07, 6.45) is 0. The molecular weight excluding hydrogens is 293 g/mol. The third-order valence-corrected chi connectivity index (χ3v) is 4.79. The molecule has 0 unspecified atom stereocenters. The number of halogens is 1. The Bertz CT molecular complexity index is 772. The molecule has 0 bridgehead atoms. The van der Waals surface area contributed by atoms with E-state index < -0.39 is 15.8 Å². The maximum absolute atomic E-state index is 13.2. The summed E-state index contributed by atoms with van der Waals surface area (Å²) in [6.45, 7) is 2.96. The molecule has 0 fully saturated rings. The van der Waals surface area contributed by atoms with Gasteiger partial charge in [-0.15, -0.1) is 0 Å². The van der Waals surface area contributed by atoms with Crippen LogP contribution in [-0.2, 0) is 16.6 Å². The molecule has 0 saturated heterocycles. The van der Waals surface area contributed by atoms with Crippen LogP contribution in [0, 0.1) is 19.7 Å². The highest BCUT2D eigenvalue weighted by molar-refractivity contribution is 7.92. The van der Waals surface area contributed by atoms with Gasteiger partial charge in [-0.3, -0.25) is 4.72 Å². The van der Waals surface area contributed by atoms with Gasteiger partial charge in [-0.25, -0.2) is 12.8 Å². The van der Waals surface area contributed by atoms with Crippen molar-refractivity contribution in [2.24, 2.45) is 0 Å². The van der Waals surface area contributed by atoms with Crippen molar-refractivity contribution >= 4 is 15.7 Å². The maximum Gasteiger partial charge on any atom is 0.262 e. The Kier molecular flexibility index (Phi) is 4.29.